The quantitative estimate of drug-likeness (QED) is 0.458. The summed E-state index contributed by atoms with van der Waals surface area (Å²) < 4.78 is 26.5. The van der Waals surface area contributed by atoms with Crippen molar-refractivity contribution in [2.24, 2.45) is 11.7 Å². The summed E-state index contributed by atoms with van der Waals surface area (Å²) in [5.41, 5.74) is 5.35. The first-order valence-electron chi connectivity index (χ1n) is 6.50. The van der Waals surface area contributed by atoms with Gasteiger partial charge in [-0.3, -0.25) is 10.3 Å². The molecule has 0 bridgehead atoms. The number of hydrogen-bond donors (Lipinski definition) is 3. The van der Waals surface area contributed by atoms with Crippen LogP contribution in [0.1, 0.15) is 25.7 Å². The summed E-state index contributed by atoms with van der Waals surface area (Å²) in [6.45, 7) is 2.09. The Kier molecular flexibility index (Phi) is 4.24. The highest BCUT2D eigenvalue weighted by Gasteiger charge is 2.30. The zero-order valence-corrected chi connectivity index (χ0v) is 11.4. The number of amidine groups is 1. The Bertz CT molecular complexity index is 397. The lowest BCUT2D eigenvalue weighted by Gasteiger charge is -2.31. The van der Waals surface area contributed by atoms with Crippen LogP contribution in [0.2, 0.25) is 0 Å². The van der Waals surface area contributed by atoms with Crippen LogP contribution in [-0.2, 0) is 10.0 Å². The molecule has 4 N–H and O–H groups in total. The molecule has 18 heavy (non-hydrogen) atoms. The van der Waals surface area contributed by atoms with Gasteiger partial charge < -0.3 is 5.73 Å². The summed E-state index contributed by atoms with van der Waals surface area (Å²) in [6, 6.07) is 0.0527. The Morgan fingerprint density at radius 2 is 1.89 bits per heavy atom. The van der Waals surface area contributed by atoms with Crippen molar-refractivity contribution in [3.8, 4) is 0 Å². The first-order chi connectivity index (χ1) is 8.44. The zero-order chi connectivity index (χ0) is 13.2. The van der Waals surface area contributed by atoms with Crippen LogP contribution in [0.25, 0.3) is 0 Å². The van der Waals surface area contributed by atoms with E-state index in [0.29, 0.717) is 18.2 Å². The van der Waals surface area contributed by atoms with Gasteiger partial charge in [-0.1, -0.05) is 0 Å². The maximum Gasteiger partial charge on any atom is 0.212 e. The Balaban J connectivity index is 1.74. The van der Waals surface area contributed by atoms with E-state index in [1.54, 1.807) is 0 Å². The maximum absolute atomic E-state index is 11.8. The third-order valence-corrected chi connectivity index (χ3v) is 5.08. The van der Waals surface area contributed by atoms with Gasteiger partial charge in [0.05, 0.1) is 12.3 Å². The molecular weight excluding hydrogens is 252 g/mol. The molecule has 1 aliphatic heterocycles. The Morgan fingerprint density at radius 3 is 2.39 bits per heavy atom. The monoisotopic (exact) mass is 274 g/mol. The average Bonchev–Trinajstić information content (AvgIpc) is 3.03. The molecule has 0 spiro atoms. The zero-order valence-electron chi connectivity index (χ0n) is 10.6. The van der Waals surface area contributed by atoms with Gasteiger partial charge >= 0.3 is 0 Å². The lowest BCUT2D eigenvalue weighted by molar-refractivity contribution is 0.231. The van der Waals surface area contributed by atoms with Crippen molar-refractivity contribution in [2.75, 3.05) is 25.4 Å². The number of nitrogens with zero attached hydrogens (tertiary/aromatic N) is 1. The number of likely N-dealkylation sites (tertiary alicyclic amines) is 1. The van der Waals surface area contributed by atoms with Crippen LogP contribution in [-0.4, -0.2) is 50.6 Å². The van der Waals surface area contributed by atoms with Crippen molar-refractivity contribution in [3.63, 3.8) is 0 Å². The van der Waals surface area contributed by atoms with E-state index in [1.807, 2.05) is 0 Å². The van der Waals surface area contributed by atoms with Gasteiger partial charge in [-0.25, -0.2) is 13.1 Å². The molecule has 0 aromatic heterocycles. The van der Waals surface area contributed by atoms with Gasteiger partial charge in [0, 0.05) is 19.1 Å². The van der Waals surface area contributed by atoms with Gasteiger partial charge in [-0.15, -0.1) is 0 Å². The molecule has 1 aliphatic carbocycles. The van der Waals surface area contributed by atoms with Crippen molar-refractivity contribution in [1.29, 1.82) is 5.41 Å². The lowest BCUT2D eigenvalue weighted by Crippen LogP contribution is -2.47. The molecule has 0 atom stereocenters. The molecule has 0 radical (unpaired) electrons. The molecular formula is C11H22N4O2S. The van der Waals surface area contributed by atoms with Crippen LogP contribution in [0.3, 0.4) is 0 Å². The highest BCUT2D eigenvalue weighted by Crippen LogP contribution is 2.30. The summed E-state index contributed by atoms with van der Waals surface area (Å²) in [6.07, 6.45) is 3.71. The summed E-state index contributed by atoms with van der Waals surface area (Å²) in [7, 11) is -3.09. The van der Waals surface area contributed by atoms with Crippen LogP contribution >= 0.6 is 0 Å². The number of nitrogens with one attached hydrogen (secondary N) is 2. The maximum atomic E-state index is 11.8. The minimum Gasteiger partial charge on any atom is -0.387 e. The van der Waals surface area contributed by atoms with E-state index >= 15 is 0 Å². The smallest absolute Gasteiger partial charge is 0.212 e. The number of nitrogens with two attached hydrogens (primary N) is 1. The lowest BCUT2D eigenvalue weighted by atomic mass is 10.1. The minimum atomic E-state index is -3.09. The molecule has 2 rings (SSSR count). The van der Waals surface area contributed by atoms with Crippen LogP contribution < -0.4 is 10.5 Å². The van der Waals surface area contributed by atoms with Crippen molar-refractivity contribution in [3.05, 3.63) is 0 Å². The highest BCUT2D eigenvalue weighted by atomic mass is 32.2. The normalized spacial score (nSPS) is 23.1. The first kappa shape index (κ1) is 13.8. The molecule has 2 aliphatic rings. The summed E-state index contributed by atoms with van der Waals surface area (Å²) >= 11 is 0. The van der Waals surface area contributed by atoms with E-state index in [1.165, 1.54) is 0 Å². The van der Waals surface area contributed by atoms with Gasteiger partial charge in [0.25, 0.3) is 0 Å². The summed E-state index contributed by atoms with van der Waals surface area (Å²) in [5.74, 6) is 0.851. The second-order valence-electron chi connectivity index (χ2n) is 5.42. The Labute approximate surface area is 108 Å². The highest BCUT2D eigenvalue weighted by molar-refractivity contribution is 7.89. The number of piperidine rings is 1. The third-order valence-electron chi connectivity index (χ3n) is 3.48. The molecule has 1 heterocycles. The second kappa shape index (κ2) is 5.54. The van der Waals surface area contributed by atoms with Gasteiger partial charge in [0.1, 0.15) is 5.84 Å². The van der Waals surface area contributed by atoms with Crippen molar-refractivity contribution in [2.45, 2.75) is 31.7 Å². The first-order valence-corrected chi connectivity index (χ1v) is 8.15. The molecule has 1 saturated heterocycles. The fourth-order valence-corrected chi connectivity index (χ4v) is 4.14. The van der Waals surface area contributed by atoms with Crippen LogP contribution in [0.4, 0.5) is 0 Å². The van der Waals surface area contributed by atoms with E-state index in [9.17, 15) is 8.42 Å². The summed E-state index contributed by atoms with van der Waals surface area (Å²) in [4.78, 5) is 2.09. The van der Waals surface area contributed by atoms with E-state index in [0.717, 1.165) is 38.8 Å². The molecule has 0 aromatic carbocycles. The van der Waals surface area contributed by atoms with E-state index in [-0.39, 0.29) is 11.9 Å². The summed E-state index contributed by atoms with van der Waals surface area (Å²) in [5, 5.41) is 7.23. The van der Waals surface area contributed by atoms with E-state index in [2.05, 4.69) is 9.62 Å². The second-order valence-corrected chi connectivity index (χ2v) is 7.22. The number of sulfonamides is 1. The van der Waals surface area contributed by atoms with Crippen LogP contribution in [0.5, 0.6) is 0 Å². The van der Waals surface area contributed by atoms with Crippen molar-refractivity contribution < 1.29 is 8.42 Å². The fourth-order valence-electron chi connectivity index (χ4n) is 2.35. The van der Waals surface area contributed by atoms with Gasteiger partial charge in [-0.2, -0.15) is 0 Å². The van der Waals surface area contributed by atoms with Crippen molar-refractivity contribution in [1.82, 2.24) is 9.62 Å². The SMILES string of the molecule is N=C(N)CN1CCC(NS(=O)(=O)CC2CC2)CC1. The topological polar surface area (TPSA) is 99.3 Å². The molecule has 104 valence electrons. The van der Waals surface area contributed by atoms with E-state index in [4.69, 9.17) is 11.1 Å². The van der Waals surface area contributed by atoms with Crippen LogP contribution in [0.15, 0.2) is 0 Å². The Hall–Kier alpha value is -0.660. The van der Waals surface area contributed by atoms with Crippen LogP contribution in [0, 0.1) is 11.3 Å². The molecule has 0 aromatic rings. The van der Waals surface area contributed by atoms with E-state index < -0.39 is 10.0 Å². The minimum absolute atomic E-state index is 0.0527. The predicted octanol–water partition coefficient (Wildman–Crippen LogP) is -0.284. The van der Waals surface area contributed by atoms with Crippen molar-refractivity contribution >= 4 is 15.9 Å². The molecule has 2 fully saturated rings. The standard InChI is InChI=1S/C11H22N4O2S/c12-11(13)7-15-5-3-10(4-6-15)14-18(16,17)8-9-1-2-9/h9-10,14H,1-8H2,(H3,12,13). The van der Waals surface area contributed by atoms with Gasteiger partial charge in [0.2, 0.25) is 10.0 Å². The largest absolute Gasteiger partial charge is 0.387 e. The molecule has 0 amide bonds. The molecule has 0 unspecified atom stereocenters. The number of rotatable bonds is 6. The average molecular weight is 274 g/mol. The predicted molar refractivity (Wildman–Crippen MR) is 71.0 cm³/mol. The number of hydrogen-bond acceptors (Lipinski definition) is 4. The third kappa shape index (κ3) is 4.55. The fraction of sp³-hybridized carbons (Fsp3) is 0.909. The Morgan fingerprint density at radius 1 is 1.28 bits per heavy atom. The molecule has 1 saturated carbocycles. The van der Waals surface area contributed by atoms with Gasteiger partial charge in [-0.05, 0) is 31.6 Å². The molecule has 6 nitrogen and oxygen atoms in total. The van der Waals surface area contributed by atoms with Gasteiger partial charge in [0.15, 0.2) is 0 Å². The molecule has 7 heteroatoms.